The van der Waals surface area contributed by atoms with Gasteiger partial charge in [0.1, 0.15) is 0 Å². The van der Waals surface area contributed by atoms with Crippen molar-refractivity contribution in [3.05, 3.63) is 40.9 Å². The molecule has 0 radical (unpaired) electrons. The molecule has 0 spiro atoms. The third kappa shape index (κ3) is 2.52. The van der Waals surface area contributed by atoms with E-state index in [4.69, 9.17) is 5.26 Å². The molecule has 0 bridgehead atoms. The van der Waals surface area contributed by atoms with Gasteiger partial charge in [-0.2, -0.15) is 20.6 Å². The van der Waals surface area contributed by atoms with Gasteiger partial charge in [0.2, 0.25) is 0 Å². The molecule has 0 unspecified atom stereocenters. The SMILES string of the molecule is N#CCCn1ncc(-c2cccnn2)cc1=O. The van der Waals surface area contributed by atoms with Crippen LogP contribution >= 0.6 is 0 Å². The fourth-order valence-corrected chi connectivity index (χ4v) is 1.35. The van der Waals surface area contributed by atoms with E-state index in [-0.39, 0.29) is 12.0 Å². The van der Waals surface area contributed by atoms with Gasteiger partial charge in [-0.25, -0.2) is 4.68 Å². The summed E-state index contributed by atoms with van der Waals surface area (Å²) in [5, 5.41) is 20.0. The fourth-order valence-electron chi connectivity index (χ4n) is 1.35. The minimum Gasteiger partial charge on any atom is -0.268 e. The van der Waals surface area contributed by atoms with Gasteiger partial charge in [-0.3, -0.25) is 4.79 Å². The van der Waals surface area contributed by atoms with Gasteiger partial charge in [0, 0.05) is 17.8 Å². The number of rotatable bonds is 3. The first kappa shape index (κ1) is 11.0. The summed E-state index contributed by atoms with van der Waals surface area (Å²) in [6, 6.07) is 6.90. The van der Waals surface area contributed by atoms with Gasteiger partial charge in [0.25, 0.3) is 5.56 Å². The molecule has 0 atom stereocenters. The molecule has 0 aliphatic rings. The normalized spacial score (nSPS) is 9.82. The topological polar surface area (TPSA) is 84.5 Å². The van der Waals surface area contributed by atoms with Gasteiger partial charge >= 0.3 is 0 Å². The molecule has 17 heavy (non-hydrogen) atoms. The van der Waals surface area contributed by atoms with Crippen molar-refractivity contribution in [2.24, 2.45) is 0 Å². The molecular formula is C11H9N5O. The molecule has 0 N–H and O–H groups in total. The van der Waals surface area contributed by atoms with Crippen molar-refractivity contribution < 1.29 is 0 Å². The Morgan fingerprint density at radius 1 is 1.47 bits per heavy atom. The zero-order valence-electron chi connectivity index (χ0n) is 8.95. The van der Waals surface area contributed by atoms with E-state index in [1.165, 1.54) is 10.7 Å². The van der Waals surface area contributed by atoms with Crippen LogP contribution in [0, 0.1) is 11.3 Å². The Balaban J connectivity index is 2.32. The van der Waals surface area contributed by atoms with E-state index in [9.17, 15) is 4.79 Å². The molecule has 0 fully saturated rings. The molecule has 2 rings (SSSR count). The van der Waals surface area contributed by atoms with Crippen LogP contribution in [0.5, 0.6) is 0 Å². The zero-order chi connectivity index (χ0) is 12.1. The molecule has 6 nitrogen and oxygen atoms in total. The number of nitriles is 1. The van der Waals surface area contributed by atoms with Crippen LogP contribution in [0.4, 0.5) is 0 Å². The van der Waals surface area contributed by atoms with Crippen LogP contribution < -0.4 is 5.56 Å². The van der Waals surface area contributed by atoms with Crippen LogP contribution in [-0.2, 0) is 6.54 Å². The fraction of sp³-hybridized carbons (Fsp3) is 0.182. The lowest BCUT2D eigenvalue weighted by Crippen LogP contribution is -2.21. The molecule has 6 heteroatoms. The van der Waals surface area contributed by atoms with Crippen LogP contribution in [-0.4, -0.2) is 20.0 Å². The van der Waals surface area contributed by atoms with Crippen LogP contribution in [0.1, 0.15) is 6.42 Å². The molecule has 2 aromatic rings. The van der Waals surface area contributed by atoms with Crippen LogP contribution in [0.15, 0.2) is 35.4 Å². The lowest BCUT2D eigenvalue weighted by Gasteiger charge is -2.02. The van der Waals surface area contributed by atoms with Gasteiger partial charge in [0.15, 0.2) is 0 Å². The molecule has 0 saturated carbocycles. The Morgan fingerprint density at radius 3 is 3.00 bits per heavy atom. The maximum Gasteiger partial charge on any atom is 0.267 e. The highest BCUT2D eigenvalue weighted by Gasteiger charge is 2.03. The summed E-state index contributed by atoms with van der Waals surface area (Å²) in [4.78, 5) is 11.7. The van der Waals surface area contributed by atoms with E-state index in [0.717, 1.165) is 0 Å². The molecule has 84 valence electrons. The second-order valence-electron chi connectivity index (χ2n) is 3.32. The highest BCUT2D eigenvalue weighted by Crippen LogP contribution is 2.10. The molecule has 0 aliphatic heterocycles. The first-order valence-corrected chi connectivity index (χ1v) is 5.03. The largest absolute Gasteiger partial charge is 0.268 e. The van der Waals surface area contributed by atoms with Gasteiger partial charge in [-0.15, -0.1) is 0 Å². The summed E-state index contributed by atoms with van der Waals surface area (Å²) in [6.45, 7) is 0.302. The summed E-state index contributed by atoms with van der Waals surface area (Å²) >= 11 is 0. The molecule has 2 heterocycles. The van der Waals surface area contributed by atoms with Gasteiger partial charge in [-0.05, 0) is 12.1 Å². The van der Waals surface area contributed by atoms with Crippen molar-refractivity contribution in [3.8, 4) is 17.3 Å². The van der Waals surface area contributed by atoms with E-state index >= 15 is 0 Å². The molecule has 0 saturated heterocycles. The Hall–Kier alpha value is -2.55. The summed E-state index contributed by atoms with van der Waals surface area (Å²) in [5.41, 5.74) is 0.976. The van der Waals surface area contributed by atoms with Crippen molar-refractivity contribution in [1.29, 1.82) is 5.26 Å². The van der Waals surface area contributed by atoms with E-state index < -0.39 is 0 Å². The van der Waals surface area contributed by atoms with Crippen LogP contribution in [0.3, 0.4) is 0 Å². The third-order valence-electron chi connectivity index (χ3n) is 2.17. The van der Waals surface area contributed by atoms with Crippen molar-refractivity contribution in [2.45, 2.75) is 13.0 Å². The highest BCUT2D eigenvalue weighted by molar-refractivity contribution is 5.55. The highest BCUT2D eigenvalue weighted by atomic mass is 16.1. The van der Waals surface area contributed by atoms with Crippen molar-refractivity contribution >= 4 is 0 Å². The van der Waals surface area contributed by atoms with E-state index in [1.807, 2.05) is 6.07 Å². The number of aromatic nitrogens is 4. The lowest BCUT2D eigenvalue weighted by atomic mass is 10.2. The minimum atomic E-state index is -0.247. The van der Waals surface area contributed by atoms with E-state index in [0.29, 0.717) is 17.8 Å². The van der Waals surface area contributed by atoms with E-state index in [1.54, 1.807) is 24.5 Å². The second kappa shape index (κ2) is 4.99. The first-order valence-electron chi connectivity index (χ1n) is 5.03. The number of hydrogen-bond donors (Lipinski definition) is 0. The van der Waals surface area contributed by atoms with Crippen molar-refractivity contribution in [1.82, 2.24) is 20.0 Å². The first-order chi connectivity index (χ1) is 8.31. The number of hydrogen-bond acceptors (Lipinski definition) is 5. The maximum atomic E-state index is 11.7. The van der Waals surface area contributed by atoms with Gasteiger partial charge in [-0.1, -0.05) is 0 Å². The summed E-state index contributed by atoms with van der Waals surface area (Å²) in [6.07, 6.45) is 3.37. The summed E-state index contributed by atoms with van der Waals surface area (Å²) in [5.74, 6) is 0. The number of aryl methyl sites for hydroxylation is 1. The minimum absolute atomic E-state index is 0.247. The quantitative estimate of drug-likeness (QED) is 0.767. The van der Waals surface area contributed by atoms with Crippen molar-refractivity contribution in [3.63, 3.8) is 0 Å². The predicted octanol–water partition coefficient (Wildman–Crippen LogP) is 0.614. The number of nitrogens with zero attached hydrogens (tertiary/aromatic N) is 5. The third-order valence-corrected chi connectivity index (χ3v) is 2.17. The smallest absolute Gasteiger partial charge is 0.267 e. The Kier molecular flexibility index (Phi) is 3.21. The Labute approximate surface area is 97.2 Å². The Morgan fingerprint density at radius 2 is 2.35 bits per heavy atom. The molecule has 0 aliphatic carbocycles. The molecule has 0 amide bonds. The monoisotopic (exact) mass is 227 g/mol. The summed E-state index contributed by atoms with van der Waals surface area (Å²) < 4.78 is 1.25. The van der Waals surface area contributed by atoms with Gasteiger partial charge < -0.3 is 0 Å². The van der Waals surface area contributed by atoms with Crippen LogP contribution in [0.25, 0.3) is 11.3 Å². The average Bonchev–Trinajstić information content (AvgIpc) is 2.38. The van der Waals surface area contributed by atoms with Crippen LogP contribution in [0.2, 0.25) is 0 Å². The average molecular weight is 227 g/mol. The summed E-state index contributed by atoms with van der Waals surface area (Å²) in [7, 11) is 0. The lowest BCUT2D eigenvalue weighted by molar-refractivity contribution is 0.589. The van der Waals surface area contributed by atoms with E-state index in [2.05, 4.69) is 15.3 Å². The predicted molar refractivity (Wildman–Crippen MR) is 59.8 cm³/mol. The molecule has 0 aromatic carbocycles. The zero-order valence-corrected chi connectivity index (χ0v) is 8.95. The molecular weight excluding hydrogens is 218 g/mol. The Bertz CT molecular complexity index is 599. The van der Waals surface area contributed by atoms with Gasteiger partial charge in [0.05, 0.1) is 30.9 Å². The molecule has 2 aromatic heterocycles. The second-order valence-corrected chi connectivity index (χ2v) is 3.32. The van der Waals surface area contributed by atoms with Crippen molar-refractivity contribution in [2.75, 3.05) is 0 Å². The standard InChI is InChI=1S/C11H9N5O/c12-4-2-6-16-11(17)7-9(8-14-16)10-3-1-5-13-15-10/h1,3,5,7-8H,2,6H2. The maximum absolute atomic E-state index is 11.7.